The third-order valence-corrected chi connectivity index (χ3v) is 6.06. The molecule has 0 saturated carbocycles. The van der Waals surface area contributed by atoms with E-state index in [0.717, 1.165) is 28.0 Å². The first-order valence-corrected chi connectivity index (χ1v) is 12.3. The van der Waals surface area contributed by atoms with Gasteiger partial charge in [-0.1, -0.05) is 38.1 Å². The molecule has 2 amide bonds. The Bertz CT molecular complexity index is 1410. The normalized spacial score (nSPS) is 12.8. The van der Waals surface area contributed by atoms with E-state index < -0.39 is 0 Å². The van der Waals surface area contributed by atoms with Crippen molar-refractivity contribution < 1.29 is 14.3 Å². The lowest BCUT2D eigenvalue weighted by Crippen LogP contribution is -2.45. The zero-order valence-corrected chi connectivity index (χ0v) is 21.0. The van der Waals surface area contributed by atoms with Gasteiger partial charge in [0, 0.05) is 30.4 Å². The van der Waals surface area contributed by atoms with E-state index in [1.165, 1.54) is 0 Å². The smallest absolute Gasteiger partial charge is 0.251 e. The van der Waals surface area contributed by atoms with Gasteiger partial charge >= 0.3 is 0 Å². The second kappa shape index (κ2) is 12.0. The van der Waals surface area contributed by atoms with Gasteiger partial charge in [0.25, 0.3) is 5.91 Å². The van der Waals surface area contributed by atoms with Crippen LogP contribution in [0.1, 0.15) is 29.8 Å². The molecule has 37 heavy (non-hydrogen) atoms. The van der Waals surface area contributed by atoms with E-state index in [2.05, 4.69) is 16.4 Å². The number of nitrogens with zero attached hydrogens (tertiary/aromatic N) is 4. The Hall–Kier alpha value is -4.48. The number of hydrogen-bond acceptors (Lipinski definition) is 5. The van der Waals surface area contributed by atoms with Gasteiger partial charge in [0.15, 0.2) is 0 Å². The molecule has 2 aromatic heterocycles. The number of carbonyl (C=O) groups is 2. The van der Waals surface area contributed by atoms with Crippen molar-refractivity contribution in [3.8, 4) is 28.5 Å². The summed E-state index contributed by atoms with van der Waals surface area (Å²) in [4.78, 5) is 31.0. The van der Waals surface area contributed by atoms with Crippen LogP contribution in [0.2, 0.25) is 0 Å². The van der Waals surface area contributed by atoms with Gasteiger partial charge < -0.3 is 15.0 Å². The predicted octanol–water partition coefficient (Wildman–Crippen LogP) is 4.15. The van der Waals surface area contributed by atoms with Crippen LogP contribution in [0.5, 0.6) is 0 Å². The summed E-state index contributed by atoms with van der Waals surface area (Å²) in [6.07, 6.45) is 3.82. The number of carbonyl (C=O) groups excluding carboxylic acids is 2. The largest absolute Gasteiger partial charge is 0.378 e. The number of rotatable bonds is 5. The van der Waals surface area contributed by atoms with Gasteiger partial charge in [0.1, 0.15) is 5.65 Å². The number of nitriles is 1. The fourth-order valence-corrected chi connectivity index (χ4v) is 4.08. The highest BCUT2D eigenvalue weighted by molar-refractivity contribution is 5.96. The van der Waals surface area contributed by atoms with Gasteiger partial charge in [-0.25, -0.2) is 4.98 Å². The Morgan fingerprint density at radius 1 is 0.946 bits per heavy atom. The van der Waals surface area contributed by atoms with Gasteiger partial charge in [0.05, 0.1) is 43.3 Å². The number of fused-ring (bicyclic) bond motifs is 1. The van der Waals surface area contributed by atoms with Crippen LogP contribution in [0.15, 0.2) is 73.1 Å². The number of imidazole rings is 1. The molecule has 188 valence electrons. The molecule has 4 aromatic rings. The van der Waals surface area contributed by atoms with Crippen LogP contribution in [0.3, 0.4) is 0 Å². The Labute approximate surface area is 216 Å². The highest BCUT2D eigenvalue weighted by Crippen LogP contribution is 2.26. The van der Waals surface area contributed by atoms with Crippen LogP contribution in [0.4, 0.5) is 0 Å². The van der Waals surface area contributed by atoms with Crippen LogP contribution >= 0.6 is 0 Å². The summed E-state index contributed by atoms with van der Waals surface area (Å²) in [5.41, 5.74) is 5.73. The second-order valence-corrected chi connectivity index (χ2v) is 8.23. The summed E-state index contributed by atoms with van der Waals surface area (Å²) in [7, 11) is 0. The van der Waals surface area contributed by atoms with Crippen molar-refractivity contribution in [1.82, 2.24) is 19.6 Å². The van der Waals surface area contributed by atoms with E-state index in [0.29, 0.717) is 37.4 Å². The number of aromatic nitrogens is 2. The molecule has 8 nitrogen and oxygen atoms in total. The van der Waals surface area contributed by atoms with Crippen molar-refractivity contribution in [2.45, 2.75) is 13.8 Å². The first-order chi connectivity index (χ1) is 18.1. The highest BCUT2D eigenvalue weighted by atomic mass is 16.5. The zero-order valence-electron chi connectivity index (χ0n) is 21.0. The molecule has 8 heteroatoms. The topological polar surface area (TPSA) is 99.7 Å². The van der Waals surface area contributed by atoms with Gasteiger partial charge in [-0.05, 0) is 47.5 Å². The predicted molar refractivity (Wildman–Crippen MR) is 142 cm³/mol. The lowest BCUT2D eigenvalue weighted by Gasteiger charge is -2.26. The average molecular weight is 496 g/mol. The highest BCUT2D eigenvalue weighted by Gasteiger charge is 2.17. The van der Waals surface area contributed by atoms with Gasteiger partial charge in [-0.3, -0.25) is 14.0 Å². The number of nitrogens with one attached hydrogen (secondary N) is 1. The van der Waals surface area contributed by atoms with Crippen molar-refractivity contribution in [1.29, 1.82) is 5.26 Å². The van der Waals surface area contributed by atoms with E-state index in [9.17, 15) is 9.59 Å². The lowest BCUT2D eigenvalue weighted by atomic mass is 10.0. The van der Waals surface area contributed by atoms with E-state index in [1.807, 2.05) is 67.0 Å². The molecule has 3 heterocycles. The molecule has 0 atom stereocenters. The first-order valence-electron chi connectivity index (χ1n) is 12.3. The number of amides is 2. The van der Waals surface area contributed by atoms with Crippen molar-refractivity contribution in [3.63, 3.8) is 0 Å². The number of pyridine rings is 1. The minimum absolute atomic E-state index is 0.0317. The van der Waals surface area contributed by atoms with E-state index >= 15 is 0 Å². The Balaban J connectivity index is 0.00000156. The van der Waals surface area contributed by atoms with E-state index in [-0.39, 0.29) is 18.4 Å². The standard InChI is InChI=1S/C27H23N5O3.C2H6/c28-15-19-1-3-21(4-2-19)24-16-29-25-10-9-23(18-32(24)25)20-5-7-22(8-6-20)27(34)30-17-26(33)31-11-13-35-14-12-31;1-2/h1-10,16,18H,11-14,17H2,(H,30,34);1-2H3. The lowest BCUT2D eigenvalue weighted by molar-refractivity contribution is -0.134. The number of benzene rings is 2. The van der Waals surface area contributed by atoms with Crippen LogP contribution in [-0.4, -0.2) is 58.9 Å². The van der Waals surface area contributed by atoms with Crippen LogP contribution in [0.25, 0.3) is 28.0 Å². The Morgan fingerprint density at radius 2 is 1.59 bits per heavy atom. The molecule has 1 aliphatic heterocycles. The summed E-state index contributed by atoms with van der Waals surface area (Å²) in [6.45, 7) is 6.13. The van der Waals surface area contributed by atoms with Crippen LogP contribution in [0, 0.1) is 11.3 Å². The first kappa shape index (κ1) is 25.6. The average Bonchev–Trinajstić information content (AvgIpc) is 3.40. The summed E-state index contributed by atoms with van der Waals surface area (Å²) in [5.74, 6) is -0.392. The molecule has 0 spiro atoms. The van der Waals surface area contributed by atoms with Gasteiger partial charge in [-0.15, -0.1) is 0 Å². The maximum absolute atomic E-state index is 12.5. The van der Waals surface area contributed by atoms with Gasteiger partial charge in [-0.2, -0.15) is 5.26 Å². The Morgan fingerprint density at radius 3 is 2.27 bits per heavy atom. The minimum atomic E-state index is -0.286. The molecule has 0 bridgehead atoms. The summed E-state index contributed by atoms with van der Waals surface area (Å²) >= 11 is 0. The van der Waals surface area contributed by atoms with Crippen LogP contribution in [-0.2, 0) is 9.53 Å². The third kappa shape index (κ3) is 5.85. The van der Waals surface area contributed by atoms with E-state index in [4.69, 9.17) is 10.00 Å². The molecule has 1 fully saturated rings. The molecule has 1 saturated heterocycles. The summed E-state index contributed by atoms with van der Waals surface area (Å²) in [6, 6.07) is 20.7. The molecule has 0 aliphatic carbocycles. The fourth-order valence-electron chi connectivity index (χ4n) is 4.08. The number of hydrogen-bond donors (Lipinski definition) is 1. The monoisotopic (exact) mass is 495 g/mol. The maximum Gasteiger partial charge on any atom is 0.251 e. The van der Waals surface area contributed by atoms with Crippen molar-refractivity contribution in [2.24, 2.45) is 0 Å². The summed E-state index contributed by atoms with van der Waals surface area (Å²) in [5, 5.41) is 11.7. The molecule has 1 aliphatic rings. The van der Waals surface area contributed by atoms with Crippen molar-refractivity contribution in [3.05, 3.63) is 84.2 Å². The molecule has 2 aromatic carbocycles. The summed E-state index contributed by atoms with van der Waals surface area (Å²) < 4.78 is 7.26. The van der Waals surface area contributed by atoms with Crippen molar-refractivity contribution in [2.75, 3.05) is 32.8 Å². The zero-order chi connectivity index (χ0) is 26.2. The van der Waals surface area contributed by atoms with Crippen LogP contribution < -0.4 is 5.32 Å². The fraction of sp³-hybridized carbons (Fsp3) is 0.241. The molecular formula is C29H29N5O3. The van der Waals surface area contributed by atoms with Gasteiger partial charge in [0.2, 0.25) is 5.91 Å². The SMILES string of the molecule is CC.N#Cc1ccc(-c2cnc3ccc(-c4ccc(C(=O)NCC(=O)N5CCOCC5)cc4)cn23)cc1. The van der Waals surface area contributed by atoms with Crippen molar-refractivity contribution >= 4 is 17.5 Å². The molecule has 5 rings (SSSR count). The minimum Gasteiger partial charge on any atom is -0.378 e. The molecular weight excluding hydrogens is 466 g/mol. The molecule has 0 radical (unpaired) electrons. The Kier molecular flexibility index (Phi) is 8.29. The quantitative estimate of drug-likeness (QED) is 0.448. The van der Waals surface area contributed by atoms with E-state index in [1.54, 1.807) is 29.2 Å². The second-order valence-electron chi connectivity index (χ2n) is 8.23. The third-order valence-electron chi connectivity index (χ3n) is 6.06. The number of ether oxygens (including phenoxy) is 1. The molecule has 1 N–H and O–H groups in total. The molecule has 0 unspecified atom stereocenters. The maximum atomic E-state index is 12.5. The number of morpholine rings is 1.